The summed E-state index contributed by atoms with van der Waals surface area (Å²) in [7, 11) is 0. The van der Waals surface area contributed by atoms with Crippen LogP contribution in [0.1, 0.15) is 11.1 Å². The SMILES string of the molecule is O=C(Nc1ccccc1F)C(=O)N(Cc1ccccc1)Cc1ccccc1. The topological polar surface area (TPSA) is 49.4 Å². The molecule has 136 valence electrons. The minimum Gasteiger partial charge on any atom is -0.326 e. The highest BCUT2D eigenvalue weighted by atomic mass is 19.1. The molecule has 0 aromatic heterocycles. The van der Waals surface area contributed by atoms with Gasteiger partial charge in [0.05, 0.1) is 5.69 Å². The van der Waals surface area contributed by atoms with Gasteiger partial charge in [0.2, 0.25) is 0 Å². The summed E-state index contributed by atoms with van der Waals surface area (Å²) in [6.07, 6.45) is 0. The summed E-state index contributed by atoms with van der Waals surface area (Å²) in [4.78, 5) is 26.6. The summed E-state index contributed by atoms with van der Waals surface area (Å²) in [6.45, 7) is 0.554. The van der Waals surface area contributed by atoms with Crippen LogP contribution in [0.25, 0.3) is 0 Å². The maximum absolute atomic E-state index is 13.8. The molecule has 3 aromatic rings. The lowest BCUT2D eigenvalue weighted by molar-refractivity contribution is -0.144. The van der Waals surface area contributed by atoms with Gasteiger partial charge in [0, 0.05) is 13.1 Å². The van der Waals surface area contributed by atoms with Crippen molar-refractivity contribution in [2.45, 2.75) is 13.1 Å². The molecule has 0 atom stereocenters. The van der Waals surface area contributed by atoms with Crippen LogP contribution in [0.3, 0.4) is 0 Å². The van der Waals surface area contributed by atoms with Crippen LogP contribution < -0.4 is 5.32 Å². The van der Waals surface area contributed by atoms with Crippen LogP contribution in [0.5, 0.6) is 0 Å². The third-order valence-electron chi connectivity index (χ3n) is 4.04. The number of carbonyl (C=O) groups excluding carboxylic acids is 2. The van der Waals surface area contributed by atoms with E-state index in [0.717, 1.165) is 11.1 Å². The number of benzene rings is 3. The van der Waals surface area contributed by atoms with Crippen LogP contribution in [-0.2, 0) is 22.7 Å². The zero-order valence-electron chi connectivity index (χ0n) is 14.6. The Kier molecular flexibility index (Phi) is 5.94. The van der Waals surface area contributed by atoms with E-state index < -0.39 is 17.6 Å². The molecule has 0 fully saturated rings. The van der Waals surface area contributed by atoms with Crippen LogP contribution in [0.15, 0.2) is 84.9 Å². The predicted molar refractivity (Wildman–Crippen MR) is 102 cm³/mol. The lowest BCUT2D eigenvalue weighted by Crippen LogP contribution is -2.39. The van der Waals surface area contributed by atoms with E-state index in [-0.39, 0.29) is 18.8 Å². The number of amides is 2. The lowest BCUT2D eigenvalue weighted by atomic mass is 10.1. The van der Waals surface area contributed by atoms with Crippen molar-refractivity contribution in [3.63, 3.8) is 0 Å². The molecule has 0 aliphatic heterocycles. The molecule has 2 amide bonds. The largest absolute Gasteiger partial charge is 0.326 e. The van der Waals surface area contributed by atoms with Crippen LogP contribution in [0, 0.1) is 5.82 Å². The highest BCUT2D eigenvalue weighted by Crippen LogP contribution is 2.14. The second-order valence-electron chi connectivity index (χ2n) is 6.07. The molecule has 0 saturated carbocycles. The fourth-order valence-electron chi connectivity index (χ4n) is 2.69. The smallest absolute Gasteiger partial charge is 0.314 e. The Hall–Kier alpha value is -3.47. The summed E-state index contributed by atoms with van der Waals surface area (Å²) in [6, 6.07) is 24.6. The first-order valence-electron chi connectivity index (χ1n) is 8.56. The van der Waals surface area contributed by atoms with Crippen LogP contribution in [-0.4, -0.2) is 16.7 Å². The van der Waals surface area contributed by atoms with E-state index in [0.29, 0.717) is 0 Å². The molecular weight excluding hydrogens is 343 g/mol. The molecule has 4 nitrogen and oxygen atoms in total. The lowest BCUT2D eigenvalue weighted by Gasteiger charge is -2.22. The molecule has 5 heteroatoms. The fourth-order valence-corrected chi connectivity index (χ4v) is 2.69. The second kappa shape index (κ2) is 8.76. The predicted octanol–water partition coefficient (Wildman–Crippen LogP) is 3.99. The number of para-hydroxylation sites is 1. The van der Waals surface area contributed by atoms with Crippen molar-refractivity contribution in [3.05, 3.63) is 102 Å². The van der Waals surface area contributed by atoms with Gasteiger partial charge in [-0.1, -0.05) is 72.8 Å². The fraction of sp³-hybridized carbons (Fsp3) is 0.0909. The van der Waals surface area contributed by atoms with Gasteiger partial charge in [-0.3, -0.25) is 9.59 Å². The minimum atomic E-state index is -0.869. The van der Waals surface area contributed by atoms with Crippen molar-refractivity contribution in [1.82, 2.24) is 4.90 Å². The van der Waals surface area contributed by atoms with Gasteiger partial charge in [0.25, 0.3) is 0 Å². The normalized spacial score (nSPS) is 10.3. The van der Waals surface area contributed by atoms with Crippen molar-refractivity contribution >= 4 is 17.5 Å². The summed E-state index contributed by atoms with van der Waals surface area (Å²) < 4.78 is 13.8. The van der Waals surface area contributed by atoms with Crippen LogP contribution in [0.2, 0.25) is 0 Å². The Morgan fingerprint density at radius 2 is 1.22 bits per heavy atom. The van der Waals surface area contributed by atoms with Crippen molar-refractivity contribution < 1.29 is 14.0 Å². The first kappa shape index (κ1) is 18.3. The highest BCUT2D eigenvalue weighted by Gasteiger charge is 2.23. The zero-order valence-corrected chi connectivity index (χ0v) is 14.6. The van der Waals surface area contributed by atoms with E-state index in [1.807, 2.05) is 60.7 Å². The number of rotatable bonds is 5. The van der Waals surface area contributed by atoms with Crippen molar-refractivity contribution in [3.8, 4) is 0 Å². The van der Waals surface area contributed by atoms with Gasteiger partial charge in [-0.2, -0.15) is 0 Å². The maximum atomic E-state index is 13.8. The molecule has 0 aliphatic rings. The quantitative estimate of drug-likeness (QED) is 0.698. The van der Waals surface area contributed by atoms with Gasteiger partial charge in [0.15, 0.2) is 0 Å². The summed E-state index contributed by atoms with van der Waals surface area (Å²) in [5, 5.41) is 2.36. The van der Waals surface area contributed by atoms with Gasteiger partial charge >= 0.3 is 11.8 Å². The second-order valence-corrected chi connectivity index (χ2v) is 6.07. The standard InChI is InChI=1S/C22H19FN2O2/c23-19-13-7-8-14-20(19)24-21(26)22(27)25(15-17-9-3-1-4-10-17)16-18-11-5-2-6-12-18/h1-14H,15-16H2,(H,24,26). The molecule has 0 bridgehead atoms. The van der Waals surface area contributed by atoms with E-state index in [1.54, 1.807) is 6.07 Å². The molecule has 0 radical (unpaired) electrons. The molecule has 0 saturated heterocycles. The third kappa shape index (κ3) is 5.01. The maximum Gasteiger partial charge on any atom is 0.314 e. The van der Waals surface area contributed by atoms with E-state index in [1.165, 1.54) is 23.1 Å². The van der Waals surface area contributed by atoms with Crippen LogP contribution in [0.4, 0.5) is 10.1 Å². The van der Waals surface area contributed by atoms with Gasteiger partial charge in [-0.05, 0) is 23.3 Å². The average molecular weight is 362 g/mol. The molecule has 0 aliphatic carbocycles. The minimum absolute atomic E-state index is 0.0183. The van der Waals surface area contributed by atoms with Gasteiger partial charge in [-0.25, -0.2) is 4.39 Å². The number of halogens is 1. The van der Waals surface area contributed by atoms with E-state index in [4.69, 9.17) is 0 Å². The number of anilines is 1. The molecule has 27 heavy (non-hydrogen) atoms. The molecule has 3 aromatic carbocycles. The van der Waals surface area contributed by atoms with E-state index in [9.17, 15) is 14.0 Å². The molecule has 0 heterocycles. The van der Waals surface area contributed by atoms with Crippen molar-refractivity contribution in [2.24, 2.45) is 0 Å². The van der Waals surface area contributed by atoms with Gasteiger partial charge < -0.3 is 10.2 Å². The first-order chi connectivity index (χ1) is 13.1. The Morgan fingerprint density at radius 1 is 0.741 bits per heavy atom. The number of carbonyl (C=O) groups is 2. The number of nitrogens with one attached hydrogen (secondary N) is 1. The van der Waals surface area contributed by atoms with E-state index >= 15 is 0 Å². The molecule has 3 rings (SSSR count). The highest BCUT2D eigenvalue weighted by molar-refractivity contribution is 6.39. The third-order valence-corrected chi connectivity index (χ3v) is 4.04. The number of nitrogens with zero attached hydrogens (tertiary/aromatic N) is 1. The van der Waals surface area contributed by atoms with Gasteiger partial charge in [0.1, 0.15) is 5.82 Å². The molecule has 1 N–H and O–H groups in total. The number of hydrogen-bond donors (Lipinski definition) is 1. The average Bonchev–Trinajstić information content (AvgIpc) is 2.70. The van der Waals surface area contributed by atoms with Crippen molar-refractivity contribution in [2.75, 3.05) is 5.32 Å². The molecule has 0 unspecified atom stereocenters. The molecule has 0 spiro atoms. The monoisotopic (exact) mass is 362 g/mol. The Morgan fingerprint density at radius 3 is 1.74 bits per heavy atom. The van der Waals surface area contributed by atoms with Crippen LogP contribution >= 0.6 is 0 Å². The summed E-state index contributed by atoms with van der Waals surface area (Å²) in [5.41, 5.74) is 1.79. The zero-order chi connectivity index (χ0) is 19.1. The summed E-state index contributed by atoms with van der Waals surface area (Å²) >= 11 is 0. The van der Waals surface area contributed by atoms with Crippen molar-refractivity contribution in [1.29, 1.82) is 0 Å². The Bertz CT molecular complexity index is 872. The first-order valence-corrected chi connectivity index (χ1v) is 8.56. The van der Waals surface area contributed by atoms with E-state index in [2.05, 4.69) is 5.32 Å². The molecular formula is C22H19FN2O2. The van der Waals surface area contributed by atoms with Gasteiger partial charge in [-0.15, -0.1) is 0 Å². The number of hydrogen-bond acceptors (Lipinski definition) is 2. The Labute approximate surface area is 157 Å². The summed E-state index contributed by atoms with van der Waals surface area (Å²) in [5.74, 6) is -2.17. The Balaban J connectivity index is 1.79.